The number of nitrogens with two attached hydrogens (primary N) is 1. The van der Waals surface area contributed by atoms with Crippen molar-refractivity contribution in [2.45, 2.75) is 69.9 Å². The molecule has 0 aromatic carbocycles. The molecule has 2 unspecified atom stereocenters. The van der Waals surface area contributed by atoms with Crippen LogP contribution in [0.4, 0.5) is 0 Å². The summed E-state index contributed by atoms with van der Waals surface area (Å²) in [5.41, 5.74) is 6.01. The normalized spacial score (nSPS) is 28.5. The number of hydrogen-bond donors (Lipinski definition) is 3. The second kappa shape index (κ2) is 8.15. The van der Waals surface area contributed by atoms with E-state index in [-0.39, 0.29) is 12.0 Å². The van der Waals surface area contributed by atoms with Crippen molar-refractivity contribution in [2.24, 2.45) is 16.6 Å². The maximum atomic E-state index is 11.4. The molecule has 0 aromatic heterocycles. The zero-order chi connectivity index (χ0) is 16.0. The average Bonchev–Trinajstić information content (AvgIpc) is 2.69. The smallest absolute Gasteiger partial charge is 0.208 e. The maximum absolute atomic E-state index is 11.4. The van der Waals surface area contributed by atoms with E-state index in [1.807, 2.05) is 0 Å². The van der Waals surface area contributed by atoms with Gasteiger partial charge in [0.05, 0.1) is 6.26 Å². The Morgan fingerprint density at radius 3 is 2.41 bits per heavy atom. The molecule has 4 N–H and O–H groups in total. The summed E-state index contributed by atoms with van der Waals surface area (Å²) in [4.78, 5) is 4.46. The van der Waals surface area contributed by atoms with Gasteiger partial charge in [0.15, 0.2) is 5.96 Å². The van der Waals surface area contributed by atoms with Crippen molar-refractivity contribution in [3.63, 3.8) is 0 Å². The minimum absolute atomic E-state index is 0.00410. The SMILES string of the molecule is CS(=O)(=O)NC1CCCC1CN=C(N)NC1CCCCCC1. The lowest BCUT2D eigenvalue weighted by Crippen LogP contribution is -2.41. The van der Waals surface area contributed by atoms with Crippen LogP contribution in [-0.2, 0) is 10.0 Å². The fourth-order valence-corrected chi connectivity index (χ4v) is 4.44. The van der Waals surface area contributed by atoms with Gasteiger partial charge >= 0.3 is 0 Å². The van der Waals surface area contributed by atoms with Gasteiger partial charge in [-0.05, 0) is 31.6 Å². The van der Waals surface area contributed by atoms with Gasteiger partial charge < -0.3 is 11.1 Å². The molecule has 0 amide bonds. The third kappa shape index (κ3) is 6.12. The highest BCUT2D eigenvalue weighted by molar-refractivity contribution is 7.88. The van der Waals surface area contributed by atoms with Gasteiger partial charge in [0.1, 0.15) is 0 Å². The van der Waals surface area contributed by atoms with Gasteiger partial charge in [0, 0.05) is 18.6 Å². The first-order valence-electron chi connectivity index (χ1n) is 8.48. The summed E-state index contributed by atoms with van der Waals surface area (Å²) in [5, 5.41) is 3.33. The number of guanidine groups is 1. The first-order valence-corrected chi connectivity index (χ1v) is 10.4. The highest BCUT2D eigenvalue weighted by Gasteiger charge is 2.29. The molecule has 0 saturated heterocycles. The molecular weight excluding hydrogens is 300 g/mol. The summed E-state index contributed by atoms with van der Waals surface area (Å²) >= 11 is 0. The number of nitrogens with zero attached hydrogens (tertiary/aromatic N) is 1. The van der Waals surface area contributed by atoms with Gasteiger partial charge in [-0.3, -0.25) is 4.99 Å². The topological polar surface area (TPSA) is 96.6 Å². The standard InChI is InChI=1S/C15H30N4O2S/c1-22(20,21)19-14-10-6-7-12(14)11-17-15(16)18-13-8-4-2-3-5-9-13/h12-14,19H,2-11H2,1H3,(H3,16,17,18). The molecule has 2 rings (SSSR count). The van der Waals surface area contributed by atoms with Crippen molar-refractivity contribution in [1.29, 1.82) is 0 Å². The van der Waals surface area contributed by atoms with E-state index >= 15 is 0 Å². The summed E-state index contributed by atoms with van der Waals surface area (Å²) in [5.74, 6) is 0.765. The predicted octanol–water partition coefficient (Wildman–Crippen LogP) is 1.33. The molecule has 0 radical (unpaired) electrons. The molecule has 0 bridgehead atoms. The van der Waals surface area contributed by atoms with Crippen LogP contribution in [0.3, 0.4) is 0 Å². The minimum atomic E-state index is -3.15. The van der Waals surface area contributed by atoms with Crippen molar-refractivity contribution in [3.05, 3.63) is 0 Å². The molecule has 22 heavy (non-hydrogen) atoms. The molecule has 2 atom stereocenters. The van der Waals surface area contributed by atoms with E-state index in [0.29, 0.717) is 18.5 Å². The number of hydrogen-bond acceptors (Lipinski definition) is 3. The fraction of sp³-hybridized carbons (Fsp3) is 0.933. The molecule has 6 nitrogen and oxygen atoms in total. The van der Waals surface area contributed by atoms with E-state index in [2.05, 4.69) is 15.0 Å². The quantitative estimate of drug-likeness (QED) is 0.402. The first-order chi connectivity index (χ1) is 10.4. The van der Waals surface area contributed by atoms with Crippen LogP contribution in [0.25, 0.3) is 0 Å². The molecule has 0 aromatic rings. The van der Waals surface area contributed by atoms with E-state index in [9.17, 15) is 8.42 Å². The van der Waals surface area contributed by atoms with Gasteiger partial charge in [-0.2, -0.15) is 0 Å². The van der Waals surface area contributed by atoms with Gasteiger partial charge in [-0.15, -0.1) is 0 Å². The second-order valence-electron chi connectivity index (χ2n) is 6.75. The predicted molar refractivity (Wildman–Crippen MR) is 90.2 cm³/mol. The maximum Gasteiger partial charge on any atom is 0.208 e. The van der Waals surface area contributed by atoms with Crippen LogP contribution in [0.15, 0.2) is 4.99 Å². The van der Waals surface area contributed by atoms with Crippen molar-refractivity contribution >= 4 is 16.0 Å². The lowest BCUT2D eigenvalue weighted by molar-refractivity contribution is 0.453. The Morgan fingerprint density at radius 2 is 1.77 bits per heavy atom. The van der Waals surface area contributed by atoms with Crippen LogP contribution in [0, 0.1) is 5.92 Å². The first kappa shape index (κ1) is 17.5. The Hall–Kier alpha value is -0.820. The minimum Gasteiger partial charge on any atom is -0.370 e. The molecule has 0 spiro atoms. The van der Waals surface area contributed by atoms with Crippen LogP contribution in [0.1, 0.15) is 57.8 Å². The summed E-state index contributed by atoms with van der Waals surface area (Å²) in [6, 6.07) is 0.448. The largest absolute Gasteiger partial charge is 0.370 e. The van der Waals surface area contributed by atoms with Gasteiger partial charge in [0.2, 0.25) is 10.0 Å². The molecule has 2 aliphatic rings. The molecule has 0 heterocycles. The Bertz CT molecular complexity index is 470. The van der Waals surface area contributed by atoms with E-state index < -0.39 is 10.0 Å². The summed E-state index contributed by atoms with van der Waals surface area (Å²) in [6.45, 7) is 0.596. The van der Waals surface area contributed by atoms with Crippen molar-refractivity contribution in [3.8, 4) is 0 Å². The lowest BCUT2D eigenvalue weighted by Gasteiger charge is -2.20. The molecule has 128 valence electrons. The molecule has 7 heteroatoms. The zero-order valence-corrected chi connectivity index (χ0v) is 14.4. The monoisotopic (exact) mass is 330 g/mol. The molecule has 0 aliphatic heterocycles. The van der Waals surface area contributed by atoms with Crippen molar-refractivity contribution < 1.29 is 8.42 Å². The third-order valence-corrected chi connectivity index (χ3v) is 5.46. The van der Waals surface area contributed by atoms with Gasteiger partial charge in [0.25, 0.3) is 0 Å². The van der Waals surface area contributed by atoms with E-state index in [4.69, 9.17) is 5.73 Å². The number of nitrogens with one attached hydrogen (secondary N) is 2. The van der Waals surface area contributed by atoms with Crippen molar-refractivity contribution in [1.82, 2.24) is 10.0 Å². The van der Waals surface area contributed by atoms with E-state index in [1.165, 1.54) is 31.9 Å². The molecule has 2 fully saturated rings. The molecule has 2 aliphatic carbocycles. The highest BCUT2D eigenvalue weighted by Crippen LogP contribution is 2.26. The number of rotatable bonds is 5. The average molecular weight is 330 g/mol. The van der Waals surface area contributed by atoms with Gasteiger partial charge in [-0.1, -0.05) is 32.1 Å². The summed E-state index contributed by atoms with van der Waals surface area (Å²) in [6.07, 6.45) is 11.6. The Morgan fingerprint density at radius 1 is 1.09 bits per heavy atom. The second-order valence-corrected chi connectivity index (χ2v) is 8.53. The molecule has 2 saturated carbocycles. The zero-order valence-electron chi connectivity index (χ0n) is 13.6. The Labute approximate surface area is 134 Å². The van der Waals surface area contributed by atoms with Crippen LogP contribution in [-0.4, -0.2) is 39.3 Å². The number of sulfonamides is 1. The third-order valence-electron chi connectivity index (χ3n) is 4.73. The Balaban J connectivity index is 1.81. The van der Waals surface area contributed by atoms with E-state index in [1.54, 1.807) is 0 Å². The fourth-order valence-electron chi connectivity index (χ4n) is 3.58. The van der Waals surface area contributed by atoms with E-state index in [0.717, 1.165) is 32.1 Å². The lowest BCUT2D eigenvalue weighted by atomic mass is 10.1. The van der Waals surface area contributed by atoms with Crippen LogP contribution in [0.2, 0.25) is 0 Å². The van der Waals surface area contributed by atoms with Crippen molar-refractivity contribution in [2.75, 3.05) is 12.8 Å². The Kier molecular flexibility index (Phi) is 6.50. The van der Waals surface area contributed by atoms with Crippen LogP contribution >= 0.6 is 0 Å². The summed E-state index contributed by atoms with van der Waals surface area (Å²) < 4.78 is 25.5. The van der Waals surface area contributed by atoms with Crippen LogP contribution < -0.4 is 15.8 Å². The number of aliphatic imine (C=N–C) groups is 1. The van der Waals surface area contributed by atoms with Gasteiger partial charge in [-0.25, -0.2) is 13.1 Å². The summed E-state index contributed by atoms with van der Waals surface area (Å²) in [7, 11) is -3.15. The van der Waals surface area contributed by atoms with Crippen LogP contribution in [0.5, 0.6) is 0 Å². The molecular formula is C15H30N4O2S. The highest BCUT2D eigenvalue weighted by atomic mass is 32.2.